The first-order chi connectivity index (χ1) is 15.0. The van der Waals surface area contributed by atoms with Crippen LogP contribution < -0.4 is 10.7 Å². The van der Waals surface area contributed by atoms with Gasteiger partial charge in [-0.3, -0.25) is 4.90 Å². The Morgan fingerprint density at radius 3 is 2.45 bits per heavy atom. The normalized spacial score (nSPS) is 20.2. The Labute approximate surface area is 177 Å². The Morgan fingerprint density at radius 1 is 1.10 bits per heavy atom. The zero-order chi connectivity index (χ0) is 22.0. The summed E-state index contributed by atoms with van der Waals surface area (Å²) in [6, 6.07) is 12.5. The molecule has 0 spiro atoms. The first kappa shape index (κ1) is 20.8. The van der Waals surface area contributed by atoms with Crippen LogP contribution in [0.4, 0.5) is 13.6 Å². The second-order valence-corrected chi connectivity index (χ2v) is 6.83. The summed E-state index contributed by atoms with van der Waals surface area (Å²) in [4.78, 5) is 18.9. The highest BCUT2D eigenvalue weighted by molar-refractivity contribution is 5.85. The number of halogens is 2. The van der Waals surface area contributed by atoms with E-state index in [2.05, 4.69) is 15.7 Å². The molecule has 31 heavy (non-hydrogen) atoms. The summed E-state index contributed by atoms with van der Waals surface area (Å²) in [6.07, 6.45) is 1.50. The molecule has 4 rings (SSSR count). The Balaban J connectivity index is 1.72. The third-order valence-electron chi connectivity index (χ3n) is 5.09. The van der Waals surface area contributed by atoms with Gasteiger partial charge in [-0.2, -0.15) is 4.99 Å². The average Bonchev–Trinajstić information content (AvgIpc) is 3.02. The second kappa shape index (κ2) is 8.32. The maximum atomic E-state index is 14.4. The predicted octanol–water partition coefficient (Wildman–Crippen LogP) is 2.65. The smallest absolute Gasteiger partial charge is 0.343 e. The summed E-state index contributed by atoms with van der Waals surface area (Å²) in [5.74, 6) is -3.22. The van der Waals surface area contributed by atoms with Crippen LogP contribution in [-0.4, -0.2) is 42.0 Å². The van der Waals surface area contributed by atoms with Crippen LogP contribution >= 0.6 is 0 Å². The van der Waals surface area contributed by atoms with Gasteiger partial charge >= 0.3 is 6.03 Å². The zero-order valence-electron chi connectivity index (χ0n) is 16.9. The van der Waals surface area contributed by atoms with Crippen molar-refractivity contribution in [2.75, 3.05) is 14.2 Å². The number of aliphatic imine (C=N–C) groups is 1. The third-order valence-corrected chi connectivity index (χ3v) is 5.09. The number of nitrogens with one attached hydrogen (secondary N) is 2. The van der Waals surface area contributed by atoms with Crippen molar-refractivity contribution < 1.29 is 23.0 Å². The van der Waals surface area contributed by atoms with E-state index in [4.69, 9.17) is 9.47 Å². The molecule has 2 heterocycles. The van der Waals surface area contributed by atoms with Crippen LogP contribution in [0.3, 0.4) is 0 Å². The second-order valence-electron chi connectivity index (χ2n) is 6.83. The number of hydrogen-bond acceptors (Lipinski definition) is 6. The van der Waals surface area contributed by atoms with E-state index in [0.717, 1.165) is 22.6 Å². The molecule has 1 fully saturated rings. The summed E-state index contributed by atoms with van der Waals surface area (Å²) in [5.41, 5.74) is 4.00. The molecule has 2 N–H and O–H groups in total. The summed E-state index contributed by atoms with van der Waals surface area (Å²) in [5, 5.41) is 4.08. The molecule has 2 aromatic rings. The summed E-state index contributed by atoms with van der Waals surface area (Å²) >= 11 is 0. The van der Waals surface area contributed by atoms with Crippen LogP contribution in [0.5, 0.6) is 0 Å². The van der Waals surface area contributed by atoms with E-state index in [-0.39, 0.29) is 11.6 Å². The van der Waals surface area contributed by atoms with E-state index >= 15 is 0 Å². The number of nitrogens with zero attached hydrogens (tertiary/aromatic N) is 3. The van der Waals surface area contributed by atoms with Crippen molar-refractivity contribution in [3.8, 4) is 0 Å². The molecule has 162 valence electrons. The number of methoxy groups -OCH3 is 2. The fourth-order valence-corrected chi connectivity index (χ4v) is 3.51. The minimum absolute atomic E-state index is 0.0855. The number of amidine groups is 1. The molecule has 0 aliphatic carbocycles. The van der Waals surface area contributed by atoms with Crippen LogP contribution in [-0.2, 0) is 22.6 Å². The van der Waals surface area contributed by atoms with Crippen LogP contribution in [0.2, 0.25) is 0 Å². The van der Waals surface area contributed by atoms with Gasteiger partial charge < -0.3 is 14.8 Å². The summed E-state index contributed by atoms with van der Waals surface area (Å²) in [7, 11) is 2.76. The van der Waals surface area contributed by atoms with E-state index in [1.807, 2.05) is 30.3 Å². The molecule has 2 aliphatic rings. The number of carbonyl (C=O) groups excluding carboxylic acids is 1. The van der Waals surface area contributed by atoms with Gasteiger partial charge in [0.05, 0.1) is 13.7 Å². The number of hydrazine groups is 1. The van der Waals surface area contributed by atoms with E-state index in [1.54, 1.807) is 0 Å². The lowest BCUT2D eigenvalue weighted by Gasteiger charge is -2.34. The van der Waals surface area contributed by atoms with E-state index in [1.165, 1.54) is 31.5 Å². The molecule has 1 saturated heterocycles. The van der Waals surface area contributed by atoms with Gasteiger partial charge in [0, 0.05) is 25.4 Å². The van der Waals surface area contributed by atoms with Crippen LogP contribution in [0.25, 0.3) is 0 Å². The predicted molar refractivity (Wildman–Crippen MR) is 108 cm³/mol. The Morgan fingerprint density at radius 2 is 1.81 bits per heavy atom. The highest BCUT2D eigenvalue weighted by Crippen LogP contribution is 2.40. The zero-order valence-corrected chi connectivity index (χ0v) is 16.9. The maximum absolute atomic E-state index is 14.4. The van der Waals surface area contributed by atoms with Gasteiger partial charge in [0.15, 0.2) is 0 Å². The van der Waals surface area contributed by atoms with Crippen molar-refractivity contribution in [3.05, 3.63) is 83.2 Å². The van der Waals surface area contributed by atoms with Crippen LogP contribution in [0.15, 0.2) is 65.4 Å². The number of benzene rings is 2. The Bertz CT molecular complexity index is 1030. The fourth-order valence-electron chi connectivity index (χ4n) is 3.51. The van der Waals surface area contributed by atoms with Crippen molar-refractivity contribution in [2.45, 2.75) is 18.9 Å². The number of fused-ring (bicyclic) bond motifs is 1. The SMILES string of the molecule is COC1=NC2(OC)C(=CN1)N(NCc1ccccc1)C(=O)N2Cc1c(F)cccc1F. The quantitative estimate of drug-likeness (QED) is 0.738. The van der Waals surface area contributed by atoms with Crippen molar-refractivity contribution in [1.29, 1.82) is 0 Å². The average molecular weight is 429 g/mol. The molecule has 0 saturated carbocycles. The van der Waals surface area contributed by atoms with Gasteiger partial charge in [-0.15, -0.1) is 0 Å². The van der Waals surface area contributed by atoms with E-state index in [9.17, 15) is 13.6 Å². The number of hydrogen-bond donors (Lipinski definition) is 2. The van der Waals surface area contributed by atoms with Gasteiger partial charge in [0.2, 0.25) is 0 Å². The number of rotatable bonds is 6. The molecule has 1 unspecified atom stereocenters. The fraction of sp³-hybridized carbons (Fsp3) is 0.238. The standard InChI is InChI=1S/C21H21F2N5O3/c1-30-19-24-12-18-21(26-19,31-2)27(13-15-16(22)9-6-10-17(15)23)20(29)28(18)25-11-14-7-4-3-5-8-14/h3-10,12,25H,11,13H2,1-2H3,(H,24,26). The van der Waals surface area contributed by atoms with E-state index in [0.29, 0.717) is 12.2 Å². The van der Waals surface area contributed by atoms with Gasteiger partial charge in [0.25, 0.3) is 11.9 Å². The lowest BCUT2D eigenvalue weighted by molar-refractivity contribution is -0.0710. The van der Waals surface area contributed by atoms with Crippen LogP contribution in [0, 0.1) is 11.6 Å². The molecule has 2 amide bonds. The molecule has 2 aliphatic heterocycles. The van der Waals surface area contributed by atoms with Crippen LogP contribution in [0.1, 0.15) is 11.1 Å². The van der Waals surface area contributed by atoms with Gasteiger partial charge in [-0.25, -0.2) is 24.0 Å². The van der Waals surface area contributed by atoms with Crippen molar-refractivity contribution in [1.82, 2.24) is 20.7 Å². The molecule has 2 aromatic carbocycles. The molecule has 0 aromatic heterocycles. The van der Waals surface area contributed by atoms with Gasteiger partial charge in [0.1, 0.15) is 17.3 Å². The lowest BCUT2D eigenvalue weighted by atomic mass is 10.1. The summed E-state index contributed by atoms with van der Waals surface area (Å²) < 4.78 is 39.5. The summed E-state index contributed by atoms with van der Waals surface area (Å²) in [6.45, 7) is -0.0843. The first-order valence-electron chi connectivity index (χ1n) is 9.48. The monoisotopic (exact) mass is 429 g/mol. The Hall–Kier alpha value is -3.50. The van der Waals surface area contributed by atoms with Crippen molar-refractivity contribution in [3.63, 3.8) is 0 Å². The van der Waals surface area contributed by atoms with Gasteiger partial charge in [-0.1, -0.05) is 36.4 Å². The number of amides is 2. The molecule has 1 atom stereocenters. The third kappa shape index (κ3) is 3.60. The van der Waals surface area contributed by atoms with Crippen molar-refractivity contribution >= 4 is 12.1 Å². The van der Waals surface area contributed by atoms with E-state index < -0.39 is 30.1 Å². The molecular weight excluding hydrogens is 408 g/mol. The molecule has 0 radical (unpaired) electrons. The van der Waals surface area contributed by atoms with Gasteiger partial charge in [-0.05, 0) is 17.7 Å². The first-order valence-corrected chi connectivity index (χ1v) is 9.48. The highest BCUT2D eigenvalue weighted by Gasteiger charge is 2.57. The lowest BCUT2D eigenvalue weighted by Crippen LogP contribution is -2.50. The number of ether oxygens (including phenoxy) is 2. The Kier molecular flexibility index (Phi) is 5.57. The number of urea groups is 1. The maximum Gasteiger partial charge on any atom is 0.343 e. The highest BCUT2D eigenvalue weighted by atomic mass is 19.1. The molecule has 0 bridgehead atoms. The minimum atomic E-state index is -1.67. The minimum Gasteiger partial charge on any atom is -0.468 e. The molecular formula is C21H21F2N5O3. The topological polar surface area (TPSA) is 78.4 Å². The largest absolute Gasteiger partial charge is 0.468 e. The molecule has 10 heteroatoms. The molecule has 8 nitrogen and oxygen atoms in total. The van der Waals surface area contributed by atoms with Crippen molar-refractivity contribution in [2.24, 2.45) is 4.99 Å². The number of carbonyl (C=O) groups is 1.